The second-order valence-electron chi connectivity index (χ2n) is 18.3. The van der Waals surface area contributed by atoms with Crippen molar-refractivity contribution in [1.82, 2.24) is 9.55 Å². The van der Waals surface area contributed by atoms with Crippen LogP contribution in [-0.2, 0) is 0 Å². The molecule has 0 fully saturated rings. The molecule has 0 radical (unpaired) electrons. The SMILES string of the molecule is CC(C)c1cc(-c2cc(F)cc(F)c2)cc(C(C)C)c1N1CN(c2cc(Oc3ccc4c5ccccc5n(-c5ccccn5)c4c3)cc(-c3cccc4c3oc3ccccc34)c2)c2ccccc21. The number of hydrogen-bond acceptors (Lipinski definition) is 5. The standard InChI is InChI=1S/C60H46F2N4O2/c1-36(2)51-30-39(38-26-41(61)32-42(62)27-38)31-52(37(3)4)59(51)65-35-64(54-19-8-9-20-55(54)65)43-28-40(46-16-13-17-50-49-15-6-10-21-57(49)68-60(46)50)29-45(33-43)67-44-23-24-48-47-14-5-7-18-53(47)66(56(48)34-44)58-22-11-12-25-63-58/h5-34,36-37H,35H2,1-4H3. The molecule has 6 nitrogen and oxygen atoms in total. The lowest BCUT2D eigenvalue weighted by molar-refractivity contribution is 0.483. The first-order valence-corrected chi connectivity index (χ1v) is 23.1. The smallest absolute Gasteiger partial charge is 0.143 e. The average molecular weight is 893 g/mol. The quantitative estimate of drug-likeness (QED) is 0.144. The number of rotatable bonds is 9. The van der Waals surface area contributed by atoms with Crippen LogP contribution in [0.2, 0.25) is 0 Å². The normalized spacial score (nSPS) is 12.7. The Hall–Kier alpha value is -8.23. The summed E-state index contributed by atoms with van der Waals surface area (Å²) < 4.78 is 45.2. The topological polar surface area (TPSA) is 46.7 Å². The molecule has 11 aromatic rings. The molecule has 8 heteroatoms. The number of pyridine rings is 1. The Morgan fingerprint density at radius 2 is 1.19 bits per heavy atom. The summed E-state index contributed by atoms with van der Waals surface area (Å²) in [6.07, 6.45) is 1.82. The van der Waals surface area contributed by atoms with Crippen LogP contribution in [0.25, 0.3) is 71.8 Å². The van der Waals surface area contributed by atoms with Gasteiger partial charge in [-0.3, -0.25) is 4.57 Å². The van der Waals surface area contributed by atoms with E-state index < -0.39 is 11.6 Å². The zero-order chi connectivity index (χ0) is 46.2. The van der Waals surface area contributed by atoms with Gasteiger partial charge in [0.1, 0.15) is 46.8 Å². The molecule has 0 bridgehead atoms. The summed E-state index contributed by atoms with van der Waals surface area (Å²) in [4.78, 5) is 9.49. The van der Waals surface area contributed by atoms with E-state index in [9.17, 15) is 8.78 Å². The van der Waals surface area contributed by atoms with E-state index in [0.717, 1.165) is 106 Å². The Kier molecular flexibility index (Phi) is 9.87. The van der Waals surface area contributed by atoms with Crippen molar-refractivity contribution in [3.8, 4) is 39.6 Å². The van der Waals surface area contributed by atoms with Gasteiger partial charge in [0.05, 0.1) is 22.4 Å². The largest absolute Gasteiger partial charge is 0.457 e. The number of anilines is 4. The maximum absolute atomic E-state index is 14.7. The molecule has 3 aromatic heterocycles. The number of furan rings is 1. The molecule has 0 unspecified atom stereocenters. The van der Waals surface area contributed by atoms with Gasteiger partial charge in [0.15, 0.2) is 0 Å². The lowest BCUT2D eigenvalue weighted by atomic mass is 9.87. The molecular formula is C60H46F2N4O2. The summed E-state index contributed by atoms with van der Waals surface area (Å²) in [5, 5.41) is 4.35. The van der Waals surface area contributed by atoms with Crippen molar-refractivity contribution in [3.63, 3.8) is 0 Å². The fourth-order valence-corrected chi connectivity index (χ4v) is 10.2. The van der Waals surface area contributed by atoms with Crippen LogP contribution in [0.5, 0.6) is 11.5 Å². The second kappa shape index (κ2) is 16.3. The number of nitrogens with zero attached hydrogens (tertiary/aromatic N) is 4. The van der Waals surface area contributed by atoms with Crippen LogP contribution in [0, 0.1) is 11.6 Å². The van der Waals surface area contributed by atoms with Gasteiger partial charge in [-0.1, -0.05) is 100 Å². The monoisotopic (exact) mass is 892 g/mol. The Bertz CT molecular complexity index is 3710. The van der Waals surface area contributed by atoms with E-state index in [-0.39, 0.29) is 11.8 Å². The van der Waals surface area contributed by atoms with E-state index in [1.807, 2.05) is 48.7 Å². The van der Waals surface area contributed by atoms with Crippen LogP contribution in [-0.4, -0.2) is 16.2 Å². The third kappa shape index (κ3) is 6.94. The van der Waals surface area contributed by atoms with Crippen molar-refractivity contribution in [2.75, 3.05) is 16.5 Å². The first-order chi connectivity index (χ1) is 33.2. The van der Waals surface area contributed by atoms with Gasteiger partial charge in [-0.05, 0) is 125 Å². The van der Waals surface area contributed by atoms with Crippen LogP contribution in [0.15, 0.2) is 187 Å². The zero-order valence-electron chi connectivity index (χ0n) is 38.0. The van der Waals surface area contributed by atoms with E-state index >= 15 is 0 Å². The van der Waals surface area contributed by atoms with Crippen molar-refractivity contribution < 1.29 is 17.9 Å². The summed E-state index contributed by atoms with van der Waals surface area (Å²) >= 11 is 0. The third-order valence-corrected chi connectivity index (χ3v) is 13.3. The number of benzene rings is 8. The van der Waals surface area contributed by atoms with E-state index in [1.54, 1.807) is 0 Å². The molecule has 0 saturated heterocycles. The predicted octanol–water partition coefficient (Wildman–Crippen LogP) is 17.0. The molecule has 0 N–H and O–H groups in total. The molecule has 0 saturated carbocycles. The zero-order valence-corrected chi connectivity index (χ0v) is 38.0. The Labute approximate surface area is 392 Å². The summed E-state index contributed by atoms with van der Waals surface area (Å²) in [6, 6.07) is 58.0. The molecule has 0 spiro atoms. The Morgan fingerprint density at radius 3 is 1.94 bits per heavy atom. The van der Waals surface area contributed by atoms with Crippen molar-refractivity contribution in [2.24, 2.45) is 0 Å². The molecule has 0 amide bonds. The van der Waals surface area contributed by atoms with Crippen molar-refractivity contribution >= 4 is 66.5 Å². The highest BCUT2D eigenvalue weighted by atomic mass is 19.1. The molecular weight excluding hydrogens is 847 g/mol. The molecule has 4 heterocycles. The van der Waals surface area contributed by atoms with Gasteiger partial charge in [-0.15, -0.1) is 0 Å². The fourth-order valence-electron chi connectivity index (χ4n) is 10.2. The molecule has 68 heavy (non-hydrogen) atoms. The lowest BCUT2D eigenvalue weighted by Crippen LogP contribution is -2.26. The lowest BCUT2D eigenvalue weighted by Gasteiger charge is -2.30. The van der Waals surface area contributed by atoms with Crippen LogP contribution in [0.4, 0.5) is 31.5 Å². The van der Waals surface area contributed by atoms with E-state index in [0.29, 0.717) is 23.7 Å². The van der Waals surface area contributed by atoms with Gasteiger partial charge in [-0.25, -0.2) is 13.8 Å². The maximum atomic E-state index is 14.7. The van der Waals surface area contributed by atoms with Crippen molar-refractivity contribution in [1.29, 1.82) is 0 Å². The Balaban J connectivity index is 1.02. The number of ether oxygens (including phenoxy) is 1. The van der Waals surface area contributed by atoms with Gasteiger partial charge in [-0.2, -0.15) is 0 Å². The maximum Gasteiger partial charge on any atom is 0.143 e. The van der Waals surface area contributed by atoms with E-state index in [1.165, 1.54) is 12.1 Å². The highest BCUT2D eigenvalue weighted by Gasteiger charge is 2.33. The van der Waals surface area contributed by atoms with Gasteiger partial charge >= 0.3 is 0 Å². The number of aromatic nitrogens is 2. The van der Waals surface area contributed by atoms with Gasteiger partial charge in [0, 0.05) is 62.9 Å². The number of fused-ring (bicyclic) bond motifs is 7. The van der Waals surface area contributed by atoms with Gasteiger partial charge in [0.2, 0.25) is 0 Å². The molecule has 1 aliphatic heterocycles. The highest BCUT2D eigenvalue weighted by Crippen LogP contribution is 2.51. The number of hydrogen-bond donors (Lipinski definition) is 0. The van der Waals surface area contributed by atoms with Crippen LogP contribution in [0.1, 0.15) is 50.7 Å². The van der Waals surface area contributed by atoms with E-state index in [4.69, 9.17) is 14.1 Å². The van der Waals surface area contributed by atoms with Gasteiger partial charge in [0.25, 0.3) is 0 Å². The van der Waals surface area contributed by atoms with Crippen LogP contribution < -0.4 is 14.5 Å². The number of para-hydroxylation sites is 5. The summed E-state index contributed by atoms with van der Waals surface area (Å²) in [6.45, 7) is 9.21. The van der Waals surface area contributed by atoms with Gasteiger partial charge < -0.3 is 19.0 Å². The minimum Gasteiger partial charge on any atom is -0.457 e. The molecule has 8 aromatic carbocycles. The highest BCUT2D eigenvalue weighted by molar-refractivity contribution is 6.11. The average Bonchev–Trinajstić information content (AvgIpc) is 4.03. The summed E-state index contributed by atoms with van der Waals surface area (Å²) in [7, 11) is 0. The van der Waals surface area contributed by atoms with E-state index in [2.05, 4.69) is 157 Å². The summed E-state index contributed by atoms with van der Waals surface area (Å²) in [5.41, 5.74) is 13.2. The van der Waals surface area contributed by atoms with Crippen LogP contribution in [0.3, 0.4) is 0 Å². The predicted molar refractivity (Wildman–Crippen MR) is 273 cm³/mol. The first kappa shape index (κ1) is 41.2. The molecule has 12 rings (SSSR count). The van der Waals surface area contributed by atoms with Crippen LogP contribution >= 0.6 is 0 Å². The number of halogens is 2. The first-order valence-electron chi connectivity index (χ1n) is 23.1. The summed E-state index contributed by atoms with van der Waals surface area (Å²) in [5.74, 6) is 1.19. The van der Waals surface area contributed by atoms with Crippen molar-refractivity contribution in [3.05, 3.63) is 205 Å². The fraction of sp³-hybridized carbons (Fsp3) is 0.117. The molecule has 0 aliphatic carbocycles. The third-order valence-electron chi connectivity index (χ3n) is 13.3. The molecule has 1 aliphatic rings. The Morgan fingerprint density at radius 1 is 0.529 bits per heavy atom. The minimum atomic E-state index is -0.597. The second-order valence-corrected chi connectivity index (χ2v) is 18.3. The minimum absolute atomic E-state index is 0.100. The van der Waals surface area contributed by atoms with Crippen molar-refractivity contribution in [2.45, 2.75) is 39.5 Å². The molecule has 332 valence electrons. The molecule has 0 atom stereocenters.